The lowest BCUT2D eigenvalue weighted by Gasteiger charge is -2.24. The van der Waals surface area contributed by atoms with Crippen molar-refractivity contribution in [1.29, 1.82) is 0 Å². The summed E-state index contributed by atoms with van der Waals surface area (Å²) in [6, 6.07) is 11.7. The molecule has 0 radical (unpaired) electrons. The van der Waals surface area contributed by atoms with Gasteiger partial charge >= 0.3 is 0 Å². The first kappa shape index (κ1) is 17.6. The van der Waals surface area contributed by atoms with E-state index in [0.29, 0.717) is 5.15 Å². The Labute approximate surface area is 163 Å². The van der Waals surface area contributed by atoms with Crippen LogP contribution in [0.25, 0.3) is 15.6 Å². The molecular formula is C21H19ClN4O. The van der Waals surface area contributed by atoms with Crippen molar-refractivity contribution in [3.05, 3.63) is 65.4 Å². The molecule has 0 saturated heterocycles. The third-order valence-corrected chi connectivity index (χ3v) is 5.03. The van der Waals surface area contributed by atoms with E-state index in [-0.39, 0.29) is 12.1 Å². The fraction of sp³-hybridized carbons (Fsp3) is 0.286. The number of halogens is 1. The quantitative estimate of drug-likeness (QED) is 0.471. The molecule has 1 fully saturated rings. The fourth-order valence-electron chi connectivity index (χ4n) is 3.45. The third-order valence-electron chi connectivity index (χ3n) is 4.81. The van der Waals surface area contributed by atoms with Gasteiger partial charge in [-0.25, -0.2) is 16.5 Å². The number of nitrogens with zero attached hydrogens (tertiary/aromatic N) is 3. The van der Waals surface area contributed by atoms with Crippen molar-refractivity contribution in [2.75, 3.05) is 5.32 Å². The Balaban J connectivity index is 1.55. The van der Waals surface area contributed by atoms with Gasteiger partial charge in [0.25, 0.3) is 0 Å². The topological polar surface area (TPSA) is 51.4 Å². The van der Waals surface area contributed by atoms with E-state index >= 15 is 0 Å². The lowest BCUT2D eigenvalue weighted by molar-refractivity contribution is 0.151. The number of aromatic nitrogens is 2. The zero-order valence-corrected chi connectivity index (χ0v) is 15.5. The second-order valence-corrected chi connectivity index (χ2v) is 7.11. The van der Waals surface area contributed by atoms with Gasteiger partial charge in [-0.15, -0.1) is 0 Å². The maximum atomic E-state index is 7.25. The minimum atomic E-state index is 0.0946. The van der Waals surface area contributed by atoms with E-state index in [1.165, 1.54) is 0 Å². The second-order valence-electron chi connectivity index (χ2n) is 6.73. The number of rotatable bonds is 4. The van der Waals surface area contributed by atoms with Crippen molar-refractivity contribution >= 4 is 33.9 Å². The normalized spacial score (nSPS) is 19.4. The first-order valence-electron chi connectivity index (χ1n) is 9.02. The lowest BCUT2D eigenvalue weighted by atomic mass is 9.93. The van der Waals surface area contributed by atoms with E-state index in [0.717, 1.165) is 53.7 Å². The highest BCUT2D eigenvalue weighted by molar-refractivity contribution is 6.29. The molecule has 1 saturated carbocycles. The van der Waals surface area contributed by atoms with Crippen LogP contribution < -0.4 is 10.1 Å². The maximum Gasteiger partial charge on any atom is 0.227 e. The van der Waals surface area contributed by atoms with Crippen molar-refractivity contribution in [1.82, 2.24) is 9.97 Å². The molecule has 1 N–H and O–H groups in total. The smallest absolute Gasteiger partial charge is 0.227 e. The van der Waals surface area contributed by atoms with Crippen LogP contribution >= 0.6 is 11.6 Å². The predicted octanol–water partition coefficient (Wildman–Crippen LogP) is 5.64. The Hall–Kier alpha value is -2.84. The van der Waals surface area contributed by atoms with Gasteiger partial charge in [-0.1, -0.05) is 11.6 Å². The van der Waals surface area contributed by atoms with Crippen LogP contribution in [-0.4, -0.2) is 22.1 Å². The maximum absolute atomic E-state index is 7.25. The first-order chi connectivity index (χ1) is 13.2. The summed E-state index contributed by atoms with van der Waals surface area (Å²) in [5, 5.41) is 5.79. The minimum Gasteiger partial charge on any atom is -0.490 e. The molecule has 0 spiro atoms. The minimum absolute atomic E-state index is 0.0946. The standard InChI is InChI=1S/C21H19ClN4O/c1-23-15-3-2-4-17(12-15)27-18-6-7-19-14(11-18)9-10-24-21(19)26-16-5-8-20(22)25-13-16/h5-11,13,15,17H,2-4,12H2,(H,24,26)/t15-,17+/m1/s1. The second kappa shape index (κ2) is 7.81. The van der Waals surface area contributed by atoms with E-state index in [1.54, 1.807) is 18.5 Å². The van der Waals surface area contributed by atoms with E-state index in [1.807, 2.05) is 30.3 Å². The molecule has 1 aliphatic carbocycles. The van der Waals surface area contributed by atoms with Gasteiger partial charge in [0.2, 0.25) is 6.04 Å². The molecule has 5 nitrogen and oxygen atoms in total. The molecule has 1 aromatic carbocycles. The number of hydrogen-bond acceptors (Lipinski definition) is 4. The van der Waals surface area contributed by atoms with Crippen LogP contribution in [-0.2, 0) is 0 Å². The number of pyridine rings is 2. The summed E-state index contributed by atoms with van der Waals surface area (Å²) < 4.78 is 6.16. The molecule has 0 bridgehead atoms. The summed E-state index contributed by atoms with van der Waals surface area (Å²) in [7, 11) is 0. The number of ether oxygens (including phenoxy) is 1. The summed E-state index contributed by atoms with van der Waals surface area (Å²) in [5.74, 6) is 1.59. The van der Waals surface area contributed by atoms with Crippen molar-refractivity contribution < 1.29 is 4.74 Å². The molecule has 0 unspecified atom stereocenters. The molecular weight excluding hydrogens is 360 g/mol. The molecule has 2 atom stereocenters. The molecule has 0 amide bonds. The van der Waals surface area contributed by atoms with Crippen LogP contribution in [0.3, 0.4) is 0 Å². The Bertz CT molecular complexity index is 984. The van der Waals surface area contributed by atoms with Gasteiger partial charge in [0.1, 0.15) is 22.8 Å². The highest BCUT2D eigenvalue weighted by atomic mass is 35.5. The first-order valence-corrected chi connectivity index (χ1v) is 9.39. The van der Waals surface area contributed by atoms with Crippen LogP contribution in [0.4, 0.5) is 11.5 Å². The molecule has 3 aromatic rings. The van der Waals surface area contributed by atoms with Crippen LogP contribution in [0.5, 0.6) is 5.75 Å². The van der Waals surface area contributed by atoms with Crippen LogP contribution in [0.1, 0.15) is 25.7 Å². The number of benzene rings is 1. The van der Waals surface area contributed by atoms with Crippen LogP contribution in [0, 0.1) is 6.57 Å². The average molecular weight is 379 g/mol. The molecule has 27 heavy (non-hydrogen) atoms. The zero-order valence-electron chi connectivity index (χ0n) is 14.7. The van der Waals surface area contributed by atoms with Gasteiger partial charge < -0.3 is 14.9 Å². The Morgan fingerprint density at radius 1 is 1.15 bits per heavy atom. The highest BCUT2D eigenvalue weighted by Crippen LogP contribution is 2.30. The van der Waals surface area contributed by atoms with E-state index in [9.17, 15) is 0 Å². The molecule has 6 heteroatoms. The Morgan fingerprint density at radius 3 is 2.89 bits per heavy atom. The van der Waals surface area contributed by atoms with Gasteiger partial charge in [0, 0.05) is 18.0 Å². The Kier molecular flexibility index (Phi) is 5.08. The van der Waals surface area contributed by atoms with Crippen LogP contribution in [0.2, 0.25) is 5.15 Å². The SMILES string of the molecule is [C-]#[N+][C@@H]1CCC[C@H](Oc2ccc3c(Nc4ccc(Cl)nc4)nccc3c2)C1. The van der Waals surface area contributed by atoms with Gasteiger partial charge in [0.15, 0.2) is 0 Å². The highest BCUT2D eigenvalue weighted by Gasteiger charge is 2.26. The summed E-state index contributed by atoms with van der Waals surface area (Å²) >= 11 is 5.84. The number of nitrogens with one attached hydrogen (secondary N) is 1. The molecule has 136 valence electrons. The van der Waals surface area contributed by atoms with E-state index < -0.39 is 0 Å². The predicted molar refractivity (Wildman–Crippen MR) is 108 cm³/mol. The van der Waals surface area contributed by atoms with Crippen molar-refractivity contribution in [3.8, 4) is 5.75 Å². The van der Waals surface area contributed by atoms with Gasteiger partial charge in [0.05, 0.1) is 18.3 Å². The van der Waals surface area contributed by atoms with E-state index in [2.05, 4.69) is 20.1 Å². The van der Waals surface area contributed by atoms with E-state index in [4.69, 9.17) is 22.9 Å². The molecule has 0 aliphatic heterocycles. The Morgan fingerprint density at radius 2 is 2.07 bits per heavy atom. The molecule has 2 aromatic heterocycles. The average Bonchev–Trinajstić information content (AvgIpc) is 2.70. The number of anilines is 2. The molecule has 1 aliphatic rings. The fourth-order valence-corrected chi connectivity index (χ4v) is 3.56. The third kappa shape index (κ3) is 4.12. The monoisotopic (exact) mass is 378 g/mol. The zero-order chi connectivity index (χ0) is 18.6. The summed E-state index contributed by atoms with van der Waals surface area (Å²) in [6.45, 7) is 7.25. The van der Waals surface area contributed by atoms with Gasteiger partial charge in [-0.2, -0.15) is 0 Å². The summed E-state index contributed by atoms with van der Waals surface area (Å²) in [5.41, 5.74) is 0.826. The number of hydrogen-bond donors (Lipinski definition) is 1. The van der Waals surface area contributed by atoms with Gasteiger partial charge in [-0.3, -0.25) is 0 Å². The lowest BCUT2D eigenvalue weighted by Crippen LogP contribution is -2.26. The molecule has 2 heterocycles. The van der Waals surface area contributed by atoms with Crippen molar-refractivity contribution in [2.45, 2.75) is 37.8 Å². The van der Waals surface area contributed by atoms with Crippen molar-refractivity contribution in [2.24, 2.45) is 0 Å². The number of fused-ring (bicyclic) bond motifs is 1. The largest absolute Gasteiger partial charge is 0.490 e. The summed E-state index contributed by atoms with van der Waals surface area (Å²) in [4.78, 5) is 12.2. The van der Waals surface area contributed by atoms with Crippen molar-refractivity contribution in [3.63, 3.8) is 0 Å². The van der Waals surface area contributed by atoms with Crippen LogP contribution in [0.15, 0.2) is 48.8 Å². The summed E-state index contributed by atoms with van der Waals surface area (Å²) in [6.07, 6.45) is 7.44. The molecule has 4 rings (SSSR count). The van der Waals surface area contributed by atoms with Gasteiger partial charge in [-0.05, 0) is 54.6 Å².